The van der Waals surface area contributed by atoms with Gasteiger partial charge in [-0.15, -0.1) is 0 Å². The minimum Gasteiger partial charge on any atom is -0.355 e. The second-order valence-electron chi connectivity index (χ2n) is 4.97. The largest absolute Gasteiger partial charge is 0.417 e. The van der Waals surface area contributed by atoms with E-state index in [0.29, 0.717) is 6.54 Å². The normalized spacial score (nSPS) is 11.2. The molecule has 0 saturated heterocycles. The van der Waals surface area contributed by atoms with Gasteiger partial charge in [-0.25, -0.2) is 0 Å². The van der Waals surface area contributed by atoms with E-state index >= 15 is 0 Å². The van der Waals surface area contributed by atoms with Gasteiger partial charge in [0.05, 0.1) is 10.6 Å². The Hall–Kier alpha value is -1.76. The average molecular weight is 351 g/mol. The zero-order valence-electron chi connectivity index (χ0n) is 12.8. The maximum atomic E-state index is 12.9. The van der Waals surface area contributed by atoms with Crippen molar-refractivity contribution >= 4 is 29.1 Å². The molecule has 0 aliphatic heterocycles. The van der Waals surface area contributed by atoms with Crippen LogP contribution < -0.4 is 10.2 Å². The first kappa shape index (κ1) is 19.3. The van der Waals surface area contributed by atoms with Gasteiger partial charge in [-0.3, -0.25) is 9.59 Å². The molecule has 1 N–H and O–H groups in total. The number of nitrogens with one attached hydrogen (secondary N) is 1. The minimum atomic E-state index is -4.64. The Morgan fingerprint density at radius 1 is 1.30 bits per heavy atom. The van der Waals surface area contributed by atoms with Crippen LogP contribution in [0, 0.1) is 0 Å². The number of halogens is 4. The second-order valence-corrected chi connectivity index (χ2v) is 5.38. The van der Waals surface area contributed by atoms with Crippen molar-refractivity contribution in [1.82, 2.24) is 5.32 Å². The van der Waals surface area contributed by atoms with Gasteiger partial charge in [-0.1, -0.05) is 24.9 Å². The van der Waals surface area contributed by atoms with Crippen molar-refractivity contribution in [2.24, 2.45) is 0 Å². The van der Waals surface area contributed by atoms with E-state index in [4.69, 9.17) is 11.6 Å². The van der Waals surface area contributed by atoms with Gasteiger partial charge < -0.3 is 10.2 Å². The molecule has 4 nitrogen and oxygen atoms in total. The van der Waals surface area contributed by atoms with Crippen molar-refractivity contribution < 1.29 is 22.8 Å². The number of amides is 2. The number of hydrogen-bond acceptors (Lipinski definition) is 2. The molecular weight excluding hydrogens is 333 g/mol. The highest BCUT2D eigenvalue weighted by molar-refractivity contribution is 6.31. The third-order valence-corrected chi connectivity index (χ3v) is 3.43. The predicted molar refractivity (Wildman–Crippen MR) is 82.4 cm³/mol. The molecular formula is C15H18ClF3N2O2. The number of rotatable bonds is 6. The third kappa shape index (κ3) is 5.74. The topological polar surface area (TPSA) is 49.4 Å². The Labute approximate surface area is 137 Å². The van der Waals surface area contributed by atoms with E-state index in [2.05, 4.69) is 5.32 Å². The summed E-state index contributed by atoms with van der Waals surface area (Å²) in [6, 6.07) is 3.10. The van der Waals surface area contributed by atoms with Crippen LogP contribution in [0.1, 0.15) is 32.3 Å². The molecule has 1 rings (SSSR count). The molecule has 0 atom stereocenters. The second kappa shape index (κ2) is 8.19. The molecule has 1 aromatic rings. The standard InChI is InChI=1S/C15H18ClF3N2O2/c1-3-4-7-20-14(23)9-21(10(2)22)11-5-6-13(16)12(8-11)15(17,18)19/h5-6,8H,3-4,7,9H2,1-2H3,(H,20,23). The van der Waals surface area contributed by atoms with Gasteiger partial charge in [0.1, 0.15) is 6.54 Å². The Morgan fingerprint density at radius 2 is 1.96 bits per heavy atom. The van der Waals surface area contributed by atoms with Crippen molar-refractivity contribution in [1.29, 1.82) is 0 Å². The van der Waals surface area contributed by atoms with Crippen LogP contribution in [-0.4, -0.2) is 24.9 Å². The van der Waals surface area contributed by atoms with E-state index < -0.39 is 28.6 Å². The molecule has 0 heterocycles. The number of alkyl halides is 3. The van der Waals surface area contributed by atoms with E-state index in [1.54, 1.807) is 0 Å². The fourth-order valence-corrected chi connectivity index (χ4v) is 2.11. The lowest BCUT2D eigenvalue weighted by atomic mass is 10.1. The smallest absolute Gasteiger partial charge is 0.355 e. The van der Waals surface area contributed by atoms with Crippen LogP contribution in [0.4, 0.5) is 18.9 Å². The Morgan fingerprint density at radius 3 is 2.48 bits per heavy atom. The van der Waals surface area contributed by atoms with Crippen molar-refractivity contribution in [3.63, 3.8) is 0 Å². The van der Waals surface area contributed by atoms with Crippen LogP contribution in [0.25, 0.3) is 0 Å². The SMILES string of the molecule is CCCCNC(=O)CN(C(C)=O)c1ccc(Cl)c(C(F)(F)F)c1. The zero-order valence-corrected chi connectivity index (χ0v) is 13.6. The van der Waals surface area contributed by atoms with E-state index in [-0.39, 0.29) is 12.2 Å². The van der Waals surface area contributed by atoms with Crippen molar-refractivity contribution in [2.45, 2.75) is 32.9 Å². The monoisotopic (exact) mass is 350 g/mol. The molecule has 0 radical (unpaired) electrons. The first-order chi connectivity index (χ1) is 10.7. The highest BCUT2D eigenvalue weighted by Gasteiger charge is 2.34. The van der Waals surface area contributed by atoms with Crippen LogP contribution in [0.5, 0.6) is 0 Å². The van der Waals surface area contributed by atoms with Crippen molar-refractivity contribution in [2.75, 3.05) is 18.0 Å². The highest BCUT2D eigenvalue weighted by Crippen LogP contribution is 2.36. The lowest BCUT2D eigenvalue weighted by Gasteiger charge is -2.22. The zero-order chi connectivity index (χ0) is 17.6. The van der Waals surface area contributed by atoms with Crippen LogP contribution in [-0.2, 0) is 15.8 Å². The van der Waals surface area contributed by atoms with Gasteiger partial charge in [0, 0.05) is 19.2 Å². The first-order valence-electron chi connectivity index (χ1n) is 7.08. The van der Waals surface area contributed by atoms with Gasteiger partial charge in [0.2, 0.25) is 11.8 Å². The van der Waals surface area contributed by atoms with Crippen molar-refractivity contribution in [3.8, 4) is 0 Å². The summed E-state index contributed by atoms with van der Waals surface area (Å²) >= 11 is 5.55. The lowest BCUT2D eigenvalue weighted by molar-refractivity contribution is -0.137. The average Bonchev–Trinajstić information content (AvgIpc) is 2.44. The van der Waals surface area contributed by atoms with Crippen LogP contribution in [0.15, 0.2) is 18.2 Å². The molecule has 0 spiro atoms. The number of nitrogens with zero attached hydrogens (tertiary/aromatic N) is 1. The number of hydrogen-bond donors (Lipinski definition) is 1. The summed E-state index contributed by atoms with van der Waals surface area (Å²) in [5.41, 5.74) is -1.07. The molecule has 0 unspecified atom stereocenters. The van der Waals surface area contributed by atoms with Crippen molar-refractivity contribution in [3.05, 3.63) is 28.8 Å². The molecule has 1 aromatic carbocycles. The maximum Gasteiger partial charge on any atom is 0.417 e. The summed E-state index contributed by atoms with van der Waals surface area (Å²) in [5, 5.41) is 2.15. The number of benzene rings is 1. The fourth-order valence-electron chi connectivity index (χ4n) is 1.89. The minimum absolute atomic E-state index is 0.0279. The first-order valence-corrected chi connectivity index (χ1v) is 7.46. The highest BCUT2D eigenvalue weighted by atomic mass is 35.5. The molecule has 0 bridgehead atoms. The predicted octanol–water partition coefficient (Wildman–Crippen LogP) is 3.63. The summed E-state index contributed by atoms with van der Waals surface area (Å²) in [7, 11) is 0. The molecule has 0 aromatic heterocycles. The quantitative estimate of drug-likeness (QED) is 0.796. The van der Waals surface area contributed by atoms with Gasteiger partial charge in [0.25, 0.3) is 0 Å². The van der Waals surface area contributed by atoms with E-state index in [9.17, 15) is 22.8 Å². The Balaban J connectivity index is 2.98. The molecule has 2 amide bonds. The molecule has 0 aliphatic rings. The third-order valence-electron chi connectivity index (χ3n) is 3.10. The van der Waals surface area contributed by atoms with Crippen LogP contribution in [0.2, 0.25) is 5.02 Å². The van der Waals surface area contributed by atoms with E-state index in [1.807, 2.05) is 6.92 Å². The molecule has 0 saturated carbocycles. The van der Waals surface area contributed by atoms with Gasteiger partial charge >= 0.3 is 6.18 Å². The number of anilines is 1. The van der Waals surface area contributed by atoms with Gasteiger partial charge in [-0.2, -0.15) is 13.2 Å². The van der Waals surface area contributed by atoms with Gasteiger partial charge in [0.15, 0.2) is 0 Å². The van der Waals surface area contributed by atoms with E-state index in [1.165, 1.54) is 13.0 Å². The molecule has 8 heteroatoms. The summed E-state index contributed by atoms with van der Waals surface area (Å²) in [6.07, 6.45) is -2.97. The summed E-state index contributed by atoms with van der Waals surface area (Å²) in [6.45, 7) is 3.25. The summed E-state index contributed by atoms with van der Waals surface area (Å²) in [5.74, 6) is -0.969. The van der Waals surface area contributed by atoms with Crippen LogP contribution in [0.3, 0.4) is 0 Å². The summed E-state index contributed by atoms with van der Waals surface area (Å²) < 4.78 is 38.7. The molecule has 23 heavy (non-hydrogen) atoms. The Bertz CT molecular complexity index is 576. The number of carbonyl (C=O) groups excluding carboxylic acids is 2. The molecule has 0 aliphatic carbocycles. The van der Waals surface area contributed by atoms with E-state index in [0.717, 1.165) is 29.9 Å². The fraction of sp³-hybridized carbons (Fsp3) is 0.467. The molecule has 0 fully saturated rings. The Kier molecular flexibility index (Phi) is 6.87. The number of unbranched alkanes of at least 4 members (excludes halogenated alkanes) is 1. The van der Waals surface area contributed by atoms with Gasteiger partial charge in [-0.05, 0) is 24.6 Å². The lowest BCUT2D eigenvalue weighted by Crippen LogP contribution is -2.40. The number of carbonyl (C=O) groups is 2. The summed E-state index contributed by atoms with van der Waals surface area (Å²) in [4.78, 5) is 24.5. The molecule has 128 valence electrons. The van der Waals surface area contributed by atoms with Crippen LogP contribution >= 0.6 is 11.6 Å². The maximum absolute atomic E-state index is 12.9.